The summed E-state index contributed by atoms with van der Waals surface area (Å²) in [6, 6.07) is 8.45. The van der Waals surface area contributed by atoms with Crippen LogP contribution in [0.25, 0.3) is 0 Å². The number of carbonyl (C=O) groups is 3. The van der Waals surface area contributed by atoms with Crippen LogP contribution >= 0.6 is 11.3 Å². The van der Waals surface area contributed by atoms with Gasteiger partial charge in [0.1, 0.15) is 10.7 Å². The highest BCUT2D eigenvalue weighted by atomic mass is 32.1. The van der Waals surface area contributed by atoms with Crippen LogP contribution in [0.15, 0.2) is 36.4 Å². The minimum atomic E-state index is -1.00. The van der Waals surface area contributed by atoms with Crippen molar-refractivity contribution in [3.8, 4) is 0 Å². The zero-order valence-corrected chi connectivity index (χ0v) is 14.9. The van der Waals surface area contributed by atoms with E-state index in [0.717, 1.165) is 16.9 Å². The number of esters is 1. The highest BCUT2D eigenvalue weighted by Gasteiger charge is 2.22. The summed E-state index contributed by atoms with van der Waals surface area (Å²) in [5.74, 6) is -1.61. The molecule has 0 aliphatic carbocycles. The molecule has 2 atom stereocenters. The fraction of sp³-hybridized carbons (Fsp3) is 0.278. The van der Waals surface area contributed by atoms with E-state index < -0.39 is 18.0 Å². The Kier molecular flexibility index (Phi) is 6.03. The third kappa shape index (κ3) is 4.96. The molecule has 5 nitrogen and oxygen atoms in total. The third-order valence-electron chi connectivity index (χ3n) is 3.54. The van der Waals surface area contributed by atoms with Crippen LogP contribution in [0, 0.1) is 5.82 Å². The number of rotatable bonds is 6. The molecule has 2 aromatic rings. The van der Waals surface area contributed by atoms with E-state index in [-0.39, 0.29) is 22.5 Å². The molecule has 1 aromatic carbocycles. The lowest BCUT2D eigenvalue weighted by atomic mass is 10.1. The number of amides is 1. The number of carbonyl (C=O) groups excluding carboxylic acids is 3. The zero-order chi connectivity index (χ0) is 18.6. The highest BCUT2D eigenvalue weighted by molar-refractivity contribution is 7.15. The van der Waals surface area contributed by atoms with Crippen molar-refractivity contribution in [1.82, 2.24) is 5.32 Å². The van der Waals surface area contributed by atoms with E-state index in [2.05, 4.69) is 5.32 Å². The van der Waals surface area contributed by atoms with Crippen LogP contribution in [0.3, 0.4) is 0 Å². The molecule has 25 heavy (non-hydrogen) atoms. The number of hydrogen-bond acceptors (Lipinski definition) is 5. The van der Waals surface area contributed by atoms with E-state index in [0.29, 0.717) is 4.88 Å². The SMILES string of the molecule is CC(=O)c1ccc(C(=O)OC(C)C(=O)NC(C)c2ccc(F)cc2)s1. The molecule has 0 aliphatic rings. The Balaban J connectivity index is 1.93. The minimum Gasteiger partial charge on any atom is -0.448 e. The molecule has 132 valence electrons. The molecule has 0 saturated carbocycles. The Bertz CT molecular complexity index is 785. The quantitative estimate of drug-likeness (QED) is 0.630. The molecular weight excluding hydrogens is 345 g/mol. The molecule has 0 aliphatic heterocycles. The molecule has 0 saturated heterocycles. The van der Waals surface area contributed by atoms with Gasteiger partial charge in [-0.2, -0.15) is 0 Å². The predicted molar refractivity (Wildman–Crippen MR) is 92.2 cm³/mol. The number of ketones is 1. The molecule has 0 bridgehead atoms. The topological polar surface area (TPSA) is 72.5 Å². The van der Waals surface area contributed by atoms with Gasteiger partial charge >= 0.3 is 5.97 Å². The van der Waals surface area contributed by atoms with Crippen molar-refractivity contribution < 1.29 is 23.5 Å². The maximum Gasteiger partial charge on any atom is 0.349 e. The van der Waals surface area contributed by atoms with Crippen LogP contribution in [0.1, 0.15) is 51.7 Å². The van der Waals surface area contributed by atoms with Crippen LogP contribution in [-0.4, -0.2) is 23.8 Å². The molecule has 0 radical (unpaired) electrons. The van der Waals surface area contributed by atoms with Crippen LogP contribution in [0.2, 0.25) is 0 Å². The van der Waals surface area contributed by atoms with Crippen molar-refractivity contribution >= 4 is 29.0 Å². The number of nitrogens with one attached hydrogen (secondary N) is 1. The Morgan fingerprint density at radius 1 is 1.04 bits per heavy atom. The van der Waals surface area contributed by atoms with E-state index in [1.54, 1.807) is 25.1 Å². The number of ether oxygens (including phenoxy) is 1. The number of benzene rings is 1. The molecule has 1 amide bonds. The Morgan fingerprint density at radius 3 is 2.20 bits per heavy atom. The molecule has 1 aromatic heterocycles. The summed E-state index contributed by atoms with van der Waals surface area (Å²) in [6.45, 7) is 4.62. The van der Waals surface area contributed by atoms with E-state index in [1.165, 1.54) is 32.0 Å². The van der Waals surface area contributed by atoms with Crippen LogP contribution < -0.4 is 5.32 Å². The maximum atomic E-state index is 12.9. The first-order valence-electron chi connectivity index (χ1n) is 7.65. The molecule has 2 unspecified atom stereocenters. The molecule has 0 spiro atoms. The second-order valence-corrected chi connectivity index (χ2v) is 6.63. The molecule has 1 heterocycles. The average molecular weight is 363 g/mol. The van der Waals surface area contributed by atoms with Crippen molar-refractivity contribution in [1.29, 1.82) is 0 Å². The lowest BCUT2D eigenvalue weighted by Crippen LogP contribution is -2.37. The molecule has 7 heteroatoms. The van der Waals surface area contributed by atoms with Crippen LogP contribution in [-0.2, 0) is 9.53 Å². The van der Waals surface area contributed by atoms with E-state index >= 15 is 0 Å². The molecular formula is C18H18FNO4S. The number of hydrogen-bond donors (Lipinski definition) is 1. The van der Waals surface area contributed by atoms with Gasteiger partial charge in [-0.3, -0.25) is 9.59 Å². The number of halogens is 1. The van der Waals surface area contributed by atoms with Crippen molar-refractivity contribution in [2.24, 2.45) is 0 Å². The van der Waals surface area contributed by atoms with E-state index in [9.17, 15) is 18.8 Å². The summed E-state index contributed by atoms with van der Waals surface area (Å²) >= 11 is 1.02. The van der Waals surface area contributed by atoms with Crippen molar-refractivity contribution in [2.45, 2.75) is 32.9 Å². The normalized spacial score (nSPS) is 13.0. The van der Waals surface area contributed by atoms with Gasteiger partial charge in [0.25, 0.3) is 5.91 Å². The summed E-state index contributed by atoms with van der Waals surface area (Å²) in [6.07, 6.45) is -1.00. The van der Waals surface area contributed by atoms with Gasteiger partial charge in [0.2, 0.25) is 0 Å². The van der Waals surface area contributed by atoms with Gasteiger partial charge in [0.05, 0.1) is 10.9 Å². The largest absolute Gasteiger partial charge is 0.448 e. The first-order valence-corrected chi connectivity index (χ1v) is 8.47. The average Bonchev–Trinajstić information content (AvgIpc) is 3.05. The van der Waals surface area contributed by atoms with Crippen molar-refractivity contribution in [3.05, 3.63) is 57.5 Å². The third-order valence-corrected chi connectivity index (χ3v) is 4.70. The lowest BCUT2D eigenvalue weighted by molar-refractivity contribution is -0.129. The van der Waals surface area contributed by atoms with Crippen molar-refractivity contribution in [3.63, 3.8) is 0 Å². The summed E-state index contributed by atoms with van der Waals surface area (Å²) < 4.78 is 18.1. The number of Topliss-reactive ketones (excluding diaryl/α,β-unsaturated/α-hetero) is 1. The van der Waals surface area contributed by atoms with Gasteiger partial charge in [-0.25, -0.2) is 9.18 Å². The second-order valence-electron chi connectivity index (χ2n) is 5.55. The summed E-state index contributed by atoms with van der Waals surface area (Å²) in [5, 5.41) is 2.71. The Morgan fingerprint density at radius 2 is 1.64 bits per heavy atom. The van der Waals surface area contributed by atoms with Gasteiger partial charge in [-0.05, 0) is 50.6 Å². The highest BCUT2D eigenvalue weighted by Crippen LogP contribution is 2.19. The van der Waals surface area contributed by atoms with Gasteiger partial charge in [-0.1, -0.05) is 12.1 Å². The predicted octanol–water partition coefficient (Wildman–Crippen LogP) is 3.51. The maximum absolute atomic E-state index is 12.9. The summed E-state index contributed by atoms with van der Waals surface area (Å²) in [5.41, 5.74) is 0.734. The summed E-state index contributed by atoms with van der Waals surface area (Å²) in [7, 11) is 0. The summed E-state index contributed by atoms with van der Waals surface area (Å²) in [4.78, 5) is 36.2. The lowest BCUT2D eigenvalue weighted by Gasteiger charge is -2.18. The van der Waals surface area contributed by atoms with Crippen molar-refractivity contribution in [2.75, 3.05) is 0 Å². The monoisotopic (exact) mass is 363 g/mol. The van der Waals surface area contributed by atoms with Gasteiger partial charge in [-0.15, -0.1) is 11.3 Å². The van der Waals surface area contributed by atoms with Gasteiger partial charge in [0.15, 0.2) is 11.9 Å². The fourth-order valence-electron chi connectivity index (χ4n) is 2.07. The number of thiophene rings is 1. The van der Waals surface area contributed by atoms with E-state index in [1.807, 2.05) is 0 Å². The second kappa shape index (κ2) is 8.02. The smallest absolute Gasteiger partial charge is 0.349 e. The van der Waals surface area contributed by atoms with E-state index in [4.69, 9.17) is 4.74 Å². The molecule has 0 fully saturated rings. The minimum absolute atomic E-state index is 0.136. The standard InChI is InChI=1S/C18H18FNO4S/c1-10(13-4-6-14(19)7-5-13)20-17(22)12(3)24-18(23)16-9-8-15(25-16)11(2)21/h4-10,12H,1-3H3,(H,20,22). The zero-order valence-electron chi connectivity index (χ0n) is 14.0. The Hall–Kier alpha value is -2.54. The Labute approximate surface area is 148 Å². The van der Waals surface area contributed by atoms with Gasteiger partial charge < -0.3 is 10.1 Å². The van der Waals surface area contributed by atoms with Crippen LogP contribution in [0.5, 0.6) is 0 Å². The molecule has 1 N–H and O–H groups in total. The van der Waals surface area contributed by atoms with Gasteiger partial charge in [0, 0.05) is 0 Å². The molecule has 2 rings (SSSR count). The first kappa shape index (κ1) is 18.8. The fourth-order valence-corrected chi connectivity index (χ4v) is 2.86. The van der Waals surface area contributed by atoms with Crippen LogP contribution in [0.4, 0.5) is 4.39 Å². The first-order chi connectivity index (χ1) is 11.8.